The molecule has 27 heavy (non-hydrogen) atoms. The topological polar surface area (TPSA) is 75.0 Å². The number of amides is 1. The molecule has 0 radical (unpaired) electrons. The third kappa shape index (κ3) is 4.25. The number of nitrogens with one attached hydrogen (secondary N) is 1. The molecule has 0 saturated heterocycles. The Hall–Kier alpha value is -3.36. The molecule has 2 aromatic carbocycles. The number of benzene rings is 2. The van der Waals surface area contributed by atoms with E-state index in [4.69, 9.17) is 16.3 Å². The molecule has 0 aliphatic heterocycles. The van der Waals surface area contributed by atoms with Gasteiger partial charge < -0.3 is 10.1 Å². The molecule has 0 bridgehead atoms. The average molecular weight is 378 g/mol. The summed E-state index contributed by atoms with van der Waals surface area (Å²) < 4.78 is 5.22. The smallest absolute Gasteiger partial charge is 0.266 e. The van der Waals surface area contributed by atoms with Crippen molar-refractivity contribution in [2.24, 2.45) is 0 Å². The van der Waals surface area contributed by atoms with Crippen LogP contribution in [0.25, 0.3) is 17.0 Å². The highest BCUT2D eigenvalue weighted by molar-refractivity contribution is 6.31. The van der Waals surface area contributed by atoms with Crippen LogP contribution in [0.5, 0.6) is 5.75 Å². The molecule has 0 aliphatic carbocycles. The van der Waals surface area contributed by atoms with Crippen LogP contribution >= 0.6 is 11.6 Å². The molecule has 1 heterocycles. The van der Waals surface area contributed by atoms with E-state index < -0.39 is 5.91 Å². The monoisotopic (exact) mass is 377 g/mol. The number of nitrogens with zero attached hydrogens (tertiary/aromatic N) is 2. The standard InChI is InChI=1S/C21H16ClN3O2/c1-13-4-3-5-17(8-13)24-21(26)16(12-23)10-15-9-14-11-18(27-2)6-7-19(14)25-20(15)22/h3-11H,1-2H3,(H,24,26)/b16-10+. The number of carbonyl (C=O) groups excluding carboxylic acids is 1. The average Bonchev–Trinajstić information content (AvgIpc) is 2.65. The van der Waals surface area contributed by atoms with E-state index in [0.29, 0.717) is 22.5 Å². The Balaban J connectivity index is 1.95. The van der Waals surface area contributed by atoms with Crippen LogP contribution in [0, 0.1) is 18.3 Å². The summed E-state index contributed by atoms with van der Waals surface area (Å²) in [6.45, 7) is 1.92. The van der Waals surface area contributed by atoms with Crippen molar-refractivity contribution in [3.05, 3.63) is 70.4 Å². The van der Waals surface area contributed by atoms with Crippen molar-refractivity contribution >= 4 is 40.2 Å². The van der Waals surface area contributed by atoms with Gasteiger partial charge in [-0.05, 0) is 55.0 Å². The number of hydrogen-bond donors (Lipinski definition) is 1. The predicted octanol–water partition coefficient (Wildman–Crippen LogP) is 4.75. The summed E-state index contributed by atoms with van der Waals surface area (Å²) in [6, 6.07) is 16.4. The summed E-state index contributed by atoms with van der Waals surface area (Å²) >= 11 is 6.24. The highest BCUT2D eigenvalue weighted by Crippen LogP contribution is 2.26. The molecule has 0 fully saturated rings. The molecular weight excluding hydrogens is 362 g/mol. The van der Waals surface area contributed by atoms with Gasteiger partial charge in [0, 0.05) is 16.6 Å². The van der Waals surface area contributed by atoms with Crippen LogP contribution in [0.1, 0.15) is 11.1 Å². The van der Waals surface area contributed by atoms with Gasteiger partial charge in [0.2, 0.25) is 0 Å². The quantitative estimate of drug-likeness (QED) is 0.404. The zero-order valence-corrected chi connectivity index (χ0v) is 15.5. The number of pyridine rings is 1. The first-order valence-corrected chi connectivity index (χ1v) is 8.52. The van der Waals surface area contributed by atoms with E-state index in [2.05, 4.69) is 10.3 Å². The maximum atomic E-state index is 12.4. The van der Waals surface area contributed by atoms with E-state index in [-0.39, 0.29) is 10.7 Å². The van der Waals surface area contributed by atoms with Crippen molar-refractivity contribution in [3.63, 3.8) is 0 Å². The van der Waals surface area contributed by atoms with Crippen molar-refractivity contribution in [1.82, 2.24) is 4.98 Å². The Labute approximate surface area is 161 Å². The van der Waals surface area contributed by atoms with Crippen LogP contribution in [-0.4, -0.2) is 18.0 Å². The minimum Gasteiger partial charge on any atom is -0.497 e. The Morgan fingerprint density at radius 3 is 2.78 bits per heavy atom. The molecule has 1 N–H and O–H groups in total. The Morgan fingerprint density at radius 1 is 1.26 bits per heavy atom. The van der Waals surface area contributed by atoms with E-state index in [1.165, 1.54) is 6.08 Å². The van der Waals surface area contributed by atoms with E-state index in [0.717, 1.165) is 10.9 Å². The van der Waals surface area contributed by atoms with Gasteiger partial charge in [-0.25, -0.2) is 4.98 Å². The first-order chi connectivity index (χ1) is 13.0. The van der Waals surface area contributed by atoms with Crippen molar-refractivity contribution in [1.29, 1.82) is 5.26 Å². The van der Waals surface area contributed by atoms with Crippen LogP contribution in [0.4, 0.5) is 5.69 Å². The third-order valence-corrected chi connectivity index (χ3v) is 4.25. The molecule has 0 atom stereocenters. The van der Waals surface area contributed by atoms with Crippen LogP contribution < -0.4 is 10.1 Å². The number of halogens is 1. The molecule has 0 aliphatic rings. The zero-order valence-electron chi connectivity index (χ0n) is 14.8. The summed E-state index contributed by atoms with van der Waals surface area (Å²) in [5.74, 6) is 0.171. The minimum absolute atomic E-state index is 0.0672. The van der Waals surface area contributed by atoms with Gasteiger partial charge >= 0.3 is 0 Å². The van der Waals surface area contributed by atoms with Gasteiger partial charge in [-0.15, -0.1) is 0 Å². The lowest BCUT2D eigenvalue weighted by molar-refractivity contribution is -0.112. The molecule has 0 unspecified atom stereocenters. The molecule has 134 valence electrons. The summed E-state index contributed by atoms with van der Waals surface area (Å²) in [4.78, 5) is 16.8. The van der Waals surface area contributed by atoms with Gasteiger partial charge in [0.25, 0.3) is 5.91 Å². The molecule has 1 amide bonds. The number of aromatic nitrogens is 1. The van der Waals surface area contributed by atoms with Gasteiger partial charge in [-0.2, -0.15) is 5.26 Å². The lowest BCUT2D eigenvalue weighted by Gasteiger charge is -2.07. The Kier molecular flexibility index (Phi) is 5.39. The van der Waals surface area contributed by atoms with Crippen LogP contribution in [0.3, 0.4) is 0 Å². The fourth-order valence-corrected chi connectivity index (χ4v) is 2.80. The van der Waals surface area contributed by atoms with Gasteiger partial charge in [0.15, 0.2) is 0 Å². The molecular formula is C21H16ClN3O2. The van der Waals surface area contributed by atoms with E-state index >= 15 is 0 Å². The second-order valence-electron chi connectivity index (χ2n) is 5.92. The predicted molar refractivity (Wildman–Crippen MR) is 107 cm³/mol. The minimum atomic E-state index is -0.509. The largest absolute Gasteiger partial charge is 0.497 e. The van der Waals surface area contributed by atoms with Gasteiger partial charge in [-0.3, -0.25) is 4.79 Å². The second kappa shape index (κ2) is 7.90. The number of aryl methyl sites for hydroxylation is 1. The van der Waals surface area contributed by atoms with E-state index in [1.54, 1.807) is 31.4 Å². The number of ether oxygens (including phenoxy) is 1. The fourth-order valence-electron chi connectivity index (χ4n) is 2.60. The molecule has 3 rings (SSSR count). The maximum absolute atomic E-state index is 12.4. The third-order valence-electron chi connectivity index (χ3n) is 3.94. The van der Waals surface area contributed by atoms with Crippen LogP contribution in [0.2, 0.25) is 5.15 Å². The highest BCUT2D eigenvalue weighted by atomic mass is 35.5. The normalized spacial score (nSPS) is 11.1. The summed E-state index contributed by atoms with van der Waals surface area (Å²) in [7, 11) is 1.58. The fraction of sp³-hybridized carbons (Fsp3) is 0.0952. The Morgan fingerprint density at radius 2 is 2.07 bits per heavy atom. The van der Waals surface area contributed by atoms with Crippen molar-refractivity contribution in [3.8, 4) is 11.8 Å². The number of hydrogen-bond acceptors (Lipinski definition) is 4. The maximum Gasteiger partial charge on any atom is 0.266 e. The van der Waals surface area contributed by atoms with Crippen molar-refractivity contribution in [2.75, 3.05) is 12.4 Å². The van der Waals surface area contributed by atoms with Gasteiger partial charge in [-0.1, -0.05) is 23.7 Å². The summed E-state index contributed by atoms with van der Waals surface area (Å²) in [5.41, 5.74) is 2.73. The number of carbonyl (C=O) groups is 1. The number of fused-ring (bicyclic) bond motifs is 1. The lowest BCUT2D eigenvalue weighted by Crippen LogP contribution is -2.13. The SMILES string of the molecule is COc1ccc2nc(Cl)c(/C=C(\C#N)C(=O)Nc3cccc(C)c3)cc2c1. The number of rotatable bonds is 4. The molecule has 5 nitrogen and oxygen atoms in total. The summed E-state index contributed by atoms with van der Waals surface area (Å²) in [6.07, 6.45) is 1.43. The number of anilines is 1. The lowest BCUT2D eigenvalue weighted by atomic mass is 10.1. The van der Waals surface area contributed by atoms with E-state index in [1.807, 2.05) is 37.3 Å². The zero-order chi connectivity index (χ0) is 19.4. The van der Waals surface area contributed by atoms with Crippen molar-refractivity contribution in [2.45, 2.75) is 6.92 Å². The van der Waals surface area contributed by atoms with Crippen molar-refractivity contribution < 1.29 is 9.53 Å². The first-order valence-electron chi connectivity index (χ1n) is 8.14. The van der Waals surface area contributed by atoms with Crippen LogP contribution in [0.15, 0.2) is 54.1 Å². The second-order valence-corrected chi connectivity index (χ2v) is 6.28. The van der Waals surface area contributed by atoms with Gasteiger partial charge in [0.1, 0.15) is 22.5 Å². The molecule has 0 saturated carbocycles. The van der Waals surface area contributed by atoms with Crippen LogP contribution in [-0.2, 0) is 4.79 Å². The number of nitriles is 1. The highest BCUT2D eigenvalue weighted by Gasteiger charge is 2.12. The van der Waals surface area contributed by atoms with Gasteiger partial charge in [0.05, 0.1) is 12.6 Å². The molecule has 3 aromatic rings. The van der Waals surface area contributed by atoms with E-state index in [9.17, 15) is 10.1 Å². The molecule has 6 heteroatoms. The Bertz CT molecular complexity index is 1100. The summed E-state index contributed by atoms with van der Waals surface area (Å²) in [5, 5.41) is 13.1. The number of methoxy groups -OCH3 is 1. The molecule has 1 aromatic heterocycles. The molecule has 0 spiro atoms. The first kappa shape index (κ1) is 18.4.